The van der Waals surface area contributed by atoms with Gasteiger partial charge in [0.25, 0.3) is 0 Å². The fourth-order valence-corrected chi connectivity index (χ4v) is 2.50. The number of benzene rings is 1. The standard InChI is InChI=1S/C20H12N2O4/c23-19-16-4-3-15(25-20(24)14-5-8-21-9-6-14)11-17(16)26-18(19)10-13-2-1-7-22-12-13/h1-12H. The SMILES string of the molecule is O=C(Oc1ccc2c(c1)OC(=Cc1cccnc1)C2=O)c1ccncc1. The van der Waals surface area contributed by atoms with Crippen LogP contribution in [0.3, 0.4) is 0 Å². The number of fused-ring (bicyclic) bond motifs is 1. The van der Waals surface area contributed by atoms with Crippen molar-refractivity contribution in [1.29, 1.82) is 0 Å². The number of hydrogen-bond donors (Lipinski definition) is 0. The molecule has 0 unspecified atom stereocenters. The van der Waals surface area contributed by atoms with Crippen LogP contribution in [0.5, 0.6) is 11.5 Å². The largest absolute Gasteiger partial charge is 0.452 e. The van der Waals surface area contributed by atoms with E-state index in [1.165, 1.54) is 18.5 Å². The molecule has 1 aromatic carbocycles. The normalized spacial score (nSPS) is 14.0. The summed E-state index contributed by atoms with van der Waals surface area (Å²) in [6.07, 6.45) is 7.93. The summed E-state index contributed by atoms with van der Waals surface area (Å²) in [6, 6.07) is 11.4. The van der Waals surface area contributed by atoms with Crippen molar-refractivity contribution < 1.29 is 19.1 Å². The molecule has 4 rings (SSSR count). The predicted octanol–water partition coefficient (Wildman–Crippen LogP) is 3.31. The number of esters is 1. The van der Waals surface area contributed by atoms with Gasteiger partial charge in [0.05, 0.1) is 11.1 Å². The first-order chi connectivity index (χ1) is 12.7. The van der Waals surface area contributed by atoms with Gasteiger partial charge in [0.15, 0.2) is 5.76 Å². The Hall–Kier alpha value is -3.80. The van der Waals surface area contributed by atoms with Crippen LogP contribution in [0.25, 0.3) is 6.08 Å². The van der Waals surface area contributed by atoms with Crippen molar-refractivity contribution in [1.82, 2.24) is 9.97 Å². The van der Waals surface area contributed by atoms with Crippen LogP contribution in [-0.4, -0.2) is 21.7 Å². The second kappa shape index (κ2) is 6.60. The molecule has 6 heteroatoms. The number of carbonyl (C=O) groups excluding carboxylic acids is 2. The molecule has 0 fully saturated rings. The Morgan fingerprint density at radius 3 is 2.65 bits per heavy atom. The Kier molecular flexibility index (Phi) is 3.99. The van der Waals surface area contributed by atoms with E-state index in [0.717, 1.165) is 5.56 Å². The van der Waals surface area contributed by atoms with Gasteiger partial charge in [-0.15, -0.1) is 0 Å². The summed E-state index contributed by atoms with van der Waals surface area (Å²) in [7, 11) is 0. The lowest BCUT2D eigenvalue weighted by Gasteiger charge is -2.05. The molecule has 0 radical (unpaired) electrons. The molecule has 3 aromatic rings. The molecular weight excluding hydrogens is 332 g/mol. The second-order valence-electron chi connectivity index (χ2n) is 5.51. The molecule has 26 heavy (non-hydrogen) atoms. The molecule has 0 aliphatic carbocycles. The number of hydrogen-bond acceptors (Lipinski definition) is 6. The Bertz CT molecular complexity index is 1010. The van der Waals surface area contributed by atoms with Gasteiger partial charge in [0.1, 0.15) is 11.5 Å². The van der Waals surface area contributed by atoms with Crippen molar-refractivity contribution in [3.63, 3.8) is 0 Å². The Morgan fingerprint density at radius 1 is 1.04 bits per heavy atom. The maximum Gasteiger partial charge on any atom is 0.343 e. The zero-order valence-electron chi connectivity index (χ0n) is 13.5. The number of aromatic nitrogens is 2. The van der Waals surface area contributed by atoms with E-state index >= 15 is 0 Å². The second-order valence-corrected chi connectivity index (χ2v) is 5.51. The summed E-state index contributed by atoms with van der Waals surface area (Å²) in [5.74, 6) is 0.107. The number of ketones is 1. The molecule has 6 nitrogen and oxygen atoms in total. The van der Waals surface area contributed by atoms with E-state index < -0.39 is 5.97 Å². The van der Waals surface area contributed by atoms with Gasteiger partial charge in [-0.05, 0) is 42.0 Å². The monoisotopic (exact) mass is 344 g/mol. The van der Waals surface area contributed by atoms with Gasteiger partial charge in [0.2, 0.25) is 5.78 Å². The Balaban J connectivity index is 1.56. The van der Waals surface area contributed by atoms with E-state index in [9.17, 15) is 9.59 Å². The summed E-state index contributed by atoms with van der Waals surface area (Å²) < 4.78 is 11.0. The number of Topliss-reactive ketones (excluding diaryl/α,β-unsaturated/α-hetero) is 1. The molecule has 0 saturated carbocycles. The van der Waals surface area contributed by atoms with Crippen molar-refractivity contribution >= 4 is 17.8 Å². The lowest BCUT2D eigenvalue weighted by Crippen LogP contribution is -2.08. The van der Waals surface area contributed by atoms with Gasteiger partial charge in [-0.1, -0.05) is 6.07 Å². The summed E-state index contributed by atoms with van der Waals surface area (Å²) in [6.45, 7) is 0. The first-order valence-corrected chi connectivity index (χ1v) is 7.81. The van der Waals surface area contributed by atoms with Gasteiger partial charge in [-0.3, -0.25) is 14.8 Å². The fraction of sp³-hybridized carbons (Fsp3) is 0. The van der Waals surface area contributed by atoms with Crippen LogP contribution in [0.2, 0.25) is 0 Å². The van der Waals surface area contributed by atoms with Crippen LogP contribution in [0.15, 0.2) is 73.0 Å². The summed E-state index contributed by atoms with van der Waals surface area (Å²) >= 11 is 0. The highest BCUT2D eigenvalue weighted by molar-refractivity contribution is 6.14. The molecule has 1 aliphatic heterocycles. The van der Waals surface area contributed by atoms with E-state index in [1.54, 1.807) is 48.8 Å². The summed E-state index contributed by atoms with van der Waals surface area (Å²) in [5.41, 5.74) is 1.56. The minimum absolute atomic E-state index is 0.200. The van der Waals surface area contributed by atoms with Gasteiger partial charge in [0, 0.05) is 30.9 Å². The minimum atomic E-state index is -0.511. The number of nitrogens with zero attached hydrogens (tertiary/aromatic N) is 2. The molecule has 3 heterocycles. The Labute approximate surface area is 148 Å². The highest BCUT2D eigenvalue weighted by Gasteiger charge is 2.28. The molecule has 0 spiro atoms. The van der Waals surface area contributed by atoms with Crippen LogP contribution in [-0.2, 0) is 0 Å². The van der Waals surface area contributed by atoms with Gasteiger partial charge < -0.3 is 9.47 Å². The smallest absolute Gasteiger partial charge is 0.343 e. The molecule has 1 aliphatic rings. The number of ether oxygens (including phenoxy) is 2. The highest BCUT2D eigenvalue weighted by atomic mass is 16.5. The number of rotatable bonds is 3. The highest BCUT2D eigenvalue weighted by Crippen LogP contribution is 2.35. The van der Waals surface area contributed by atoms with Crippen molar-refractivity contribution in [3.8, 4) is 11.5 Å². The van der Waals surface area contributed by atoms with E-state index in [2.05, 4.69) is 9.97 Å². The quantitative estimate of drug-likeness (QED) is 0.412. The molecule has 0 saturated heterocycles. The third-order valence-electron chi connectivity index (χ3n) is 3.75. The van der Waals surface area contributed by atoms with E-state index in [0.29, 0.717) is 22.6 Å². The maximum atomic E-state index is 12.4. The lowest BCUT2D eigenvalue weighted by molar-refractivity contribution is 0.0734. The van der Waals surface area contributed by atoms with Crippen molar-refractivity contribution in [3.05, 3.63) is 89.7 Å². The average molecular weight is 344 g/mol. The zero-order chi connectivity index (χ0) is 17.9. The van der Waals surface area contributed by atoms with Gasteiger partial charge in [-0.2, -0.15) is 0 Å². The third kappa shape index (κ3) is 3.08. The topological polar surface area (TPSA) is 78.4 Å². The van der Waals surface area contributed by atoms with Gasteiger partial charge >= 0.3 is 5.97 Å². The van der Waals surface area contributed by atoms with Crippen LogP contribution in [0, 0.1) is 0 Å². The summed E-state index contributed by atoms with van der Waals surface area (Å²) in [5, 5.41) is 0. The van der Waals surface area contributed by atoms with E-state index in [1.807, 2.05) is 6.07 Å². The average Bonchev–Trinajstić information content (AvgIpc) is 2.98. The van der Waals surface area contributed by atoms with Crippen molar-refractivity contribution in [2.75, 3.05) is 0 Å². The van der Waals surface area contributed by atoms with E-state index in [4.69, 9.17) is 9.47 Å². The molecule has 0 bridgehead atoms. The number of carbonyl (C=O) groups is 2. The molecule has 0 amide bonds. The Morgan fingerprint density at radius 2 is 1.88 bits per heavy atom. The maximum absolute atomic E-state index is 12.4. The fourth-order valence-electron chi connectivity index (χ4n) is 2.50. The van der Waals surface area contributed by atoms with E-state index in [-0.39, 0.29) is 11.5 Å². The van der Waals surface area contributed by atoms with Gasteiger partial charge in [-0.25, -0.2) is 4.79 Å². The molecule has 126 valence electrons. The lowest BCUT2D eigenvalue weighted by atomic mass is 10.1. The number of allylic oxidation sites excluding steroid dienone is 1. The third-order valence-corrected chi connectivity index (χ3v) is 3.75. The predicted molar refractivity (Wildman–Crippen MR) is 92.8 cm³/mol. The van der Waals surface area contributed by atoms with Crippen molar-refractivity contribution in [2.24, 2.45) is 0 Å². The van der Waals surface area contributed by atoms with Crippen molar-refractivity contribution in [2.45, 2.75) is 0 Å². The summed E-state index contributed by atoms with van der Waals surface area (Å²) in [4.78, 5) is 32.4. The molecule has 2 aromatic heterocycles. The molecule has 0 atom stereocenters. The van der Waals surface area contributed by atoms with Crippen LogP contribution in [0.4, 0.5) is 0 Å². The molecule has 0 N–H and O–H groups in total. The van der Waals surface area contributed by atoms with Crippen LogP contribution < -0.4 is 9.47 Å². The van der Waals surface area contributed by atoms with Crippen LogP contribution in [0.1, 0.15) is 26.3 Å². The van der Waals surface area contributed by atoms with Crippen LogP contribution >= 0.6 is 0 Å². The zero-order valence-corrected chi connectivity index (χ0v) is 13.5. The minimum Gasteiger partial charge on any atom is -0.452 e. The first kappa shape index (κ1) is 15.7. The molecular formula is C20H12N2O4. The number of pyridine rings is 2. The first-order valence-electron chi connectivity index (χ1n) is 7.81.